The number of aliphatic hydroxyl groups excluding tert-OH is 1. The van der Waals surface area contributed by atoms with Crippen LogP contribution in [-0.4, -0.2) is 33.7 Å². The molecule has 1 aromatic rings. The van der Waals surface area contributed by atoms with Gasteiger partial charge >= 0.3 is 0 Å². The highest BCUT2D eigenvalue weighted by Crippen LogP contribution is 2.15. The zero-order chi connectivity index (χ0) is 12.1. The van der Waals surface area contributed by atoms with Crippen LogP contribution in [0.2, 0.25) is 5.15 Å². The lowest BCUT2D eigenvalue weighted by molar-refractivity contribution is 0.103. The Balaban J connectivity index is 2.72. The van der Waals surface area contributed by atoms with Crippen LogP contribution in [-0.2, 0) is 6.54 Å². The second-order valence-corrected chi connectivity index (χ2v) is 4.68. The summed E-state index contributed by atoms with van der Waals surface area (Å²) in [4.78, 5) is 6.22. The van der Waals surface area contributed by atoms with Crippen molar-refractivity contribution in [3.8, 4) is 0 Å². The fourth-order valence-corrected chi connectivity index (χ4v) is 1.73. The highest BCUT2D eigenvalue weighted by Gasteiger charge is 2.14. The fourth-order valence-electron chi connectivity index (χ4n) is 1.55. The molecule has 1 N–H and O–H groups in total. The molecule has 0 fully saturated rings. The van der Waals surface area contributed by atoms with Crippen LogP contribution < -0.4 is 0 Å². The second kappa shape index (κ2) is 6.18. The quantitative estimate of drug-likeness (QED) is 0.806. The van der Waals surface area contributed by atoms with Crippen molar-refractivity contribution in [1.29, 1.82) is 0 Å². The minimum Gasteiger partial charge on any atom is -0.392 e. The Morgan fingerprint density at radius 1 is 1.44 bits per heavy atom. The third-order valence-electron chi connectivity index (χ3n) is 2.44. The minimum absolute atomic E-state index is 0.335. The normalized spacial score (nSPS) is 13.4. The highest BCUT2D eigenvalue weighted by atomic mass is 35.5. The monoisotopic (exact) mass is 242 g/mol. The lowest BCUT2D eigenvalue weighted by Crippen LogP contribution is -2.36. The van der Waals surface area contributed by atoms with E-state index >= 15 is 0 Å². The Hall–Kier alpha value is -0.640. The van der Waals surface area contributed by atoms with Crippen molar-refractivity contribution in [3.05, 3.63) is 29.0 Å². The van der Waals surface area contributed by atoms with E-state index in [-0.39, 0.29) is 6.10 Å². The Labute approximate surface area is 102 Å². The summed E-state index contributed by atoms with van der Waals surface area (Å²) >= 11 is 6.01. The summed E-state index contributed by atoms with van der Waals surface area (Å²) in [5.74, 6) is 0. The first kappa shape index (κ1) is 13.4. The summed E-state index contributed by atoms with van der Waals surface area (Å²) in [6.45, 7) is 7.36. The zero-order valence-electron chi connectivity index (χ0n) is 10.0. The summed E-state index contributed by atoms with van der Waals surface area (Å²) in [5, 5.41) is 9.97. The predicted octanol–water partition coefficient (Wildman–Crippen LogP) is 2.33. The first-order chi connectivity index (χ1) is 7.50. The van der Waals surface area contributed by atoms with E-state index in [2.05, 4.69) is 23.7 Å². The van der Waals surface area contributed by atoms with E-state index in [1.165, 1.54) is 0 Å². The van der Waals surface area contributed by atoms with Gasteiger partial charge in [-0.15, -0.1) is 0 Å². The van der Waals surface area contributed by atoms with Gasteiger partial charge in [-0.2, -0.15) is 0 Å². The largest absolute Gasteiger partial charge is 0.392 e. The summed E-state index contributed by atoms with van der Waals surface area (Å²) < 4.78 is 0. The Kier molecular flexibility index (Phi) is 5.19. The molecule has 1 aromatic heterocycles. The van der Waals surface area contributed by atoms with Gasteiger partial charge in [0.15, 0.2) is 0 Å². The van der Waals surface area contributed by atoms with Gasteiger partial charge in [0.05, 0.1) is 6.10 Å². The SMILES string of the molecule is CC(O)CN(Cc1cccnc1Cl)C(C)C. The van der Waals surface area contributed by atoms with Gasteiger partial charge in [-0.3, -0.25) is 4.90 Å². The molecule has 4 heteroatoms. The van der Waals surface area contributed by atoms with E-state index in [1.807, 2.05) is 12.1 Å². The van der Waals surface area contributed by atoms with E-state index in [9.17, 15) is 5.11 Å². The van der Waals surface area contributed by atoms with E-state index in [0.29, 0.717) is 17.7 Å². The topological polar surface area (TPSA) is 36.4 Å². The van der Waals surface area contributed by atoms with Gasteiger partial charge in [-0.1, -0.05) is 17.7 Å². The van der Waals surface area contributed by atoms with Crippen LogP contribution in [0.4, 0.5) is 0 Å². The van der Waals surface area contributed by atoms with Gasteiger partial charge in [-0.05, 0) is 26.8 Å². The maximum atomic E-state index is 9.43. The van der Waals surface area contributed by atoms with Crippen LogP contribution in [0.5, 0.6) is 0 Å². The lowest BCUT2D eigenvalue weighted by atomic mass is 10.2. The molecule has 0 saturated heterocycles. The van der Waals surface area contributed by atoms with Gasteiger partial charge in [-0.25, -0.2) is 4.98 Å². The number of pyridine rings is 1. The predicted molar refractivity (Wildman–Crippen MR) is 66.5 cm³/mol. The summed E-state index contributed by atoms with van der Waals surface area (Å²) in [6.07, 6.45) is 1.35. The van der Waals surface area contributed by atoms with Gasteiger partial charge in [0.2, 0.25) is 0 Å². The molecule has 0 aliphatic carbocycles. The molecule has 0 bridgehead atoms. The van der Waals surface area contributed by atoms with E-state index in [4.69, 9.17) is 11.6 Å². The Bertz CT molecular complexity index is 329. The highest BCUT2D eigenvalue weighted by molar-refractivity contribution is 6.30. The van der Waals surface area contributed by atoms with E-state index in [0.717, 1.165) is 12.1 Å². The minimum atomic E-state index is -0.335. The van der Waals surface area contributed by atoms with Crippen molar-refractivity contribution in [3.63, 3.8) is 0 Å². The number of rotatable bonds is 5. The van der Waals surface area contributed by atoms with Gasteiger partial charge in [0, 0.05) is 30.9 Å². The fraction of sp³-hybridized carbons (Fsp3) is 0.583. The number of hydrogen-bond acceptors (Lipinski definition) is 3. The molecular weight excluding hydrogens is 224 g/mol. The van der Waals surface area contributed by atoms with Crippen molar-refractivity contribution in [1.82, 2.24) is 9.88 Å². The molecule has 1 rings (SSSR count). The summed E-state index contributed by atoms with van der Waals surface area (Å²) in [5.41, 5.74) is 0.999. The van der Waals surface area contributed by atoms with Crippen molar-refractivity contribution in [2.75, 3.05) is 6.54 Å². The number of hydrogen-bond donors (Lipinski definition) is 1. The molecule has 0 radical (unpaired) electrons. The van der Waals surface area contributed by atoms with Crippen molar-refractivity contribution in [2.24, 2.45) is 0 Å². The standard InChI is InChI=1S/C12H19ClN2O/c1-9(2)15(7-10(3)16)8-11-5-4-6-14-12(11)13/h4-6,9-10,16H,7-8H2,1-3H3. The lowest BCUT2D eigenvalue weighted by Gasteiger charge is -2.27. The molecular formula is C12H19ClN2O. The summed E-state index contributed by atoms with van der Waals surface area (Å²) in [7, 11) is 0. The van der Waals surface area contributed by atoms with Gasteiger partial charge in [0.25, 0.3) is 0 Å². The number of aromatic nitrogens is 1. The molecule has 3 nitrogen and oxygen atoms in total. The van der Waals surface area contributed by atoms with E-state index in [1.54, 1.807) is 13.1 Å². The zero-order valence-corrected chi connectivity index (χ0v) is 10.8. The third-order valence-corrected chi connectivity index (χ3v) is 2.78. The third kappa shape index (κ3) is 4.08. The molecule has 0 amide bonds. The van der Waals surface area contributed by atoms with Crippen molar-refractivity contribution < 1.29 is 5.11 Å². The molecule has 0 spiro atoms. The van der Waals surface area contributed by atoms with Crippen molar-refractivity contribution in [2.45, 2.75) is 39.5 Å². The Morgan fingerprint density at radius 2 is 2.12 bits per heavy atom. The first-order valence-corrected chi connectivity index (χ1v) is 5.90. The molecule has 0 aliphatic heterocycles. The van der Waals surface area contributed by atoms with Crippen molar-refractivity contribution >= 4 is 11.6 Å². The first-order valence-electron chi connectivity index (χ1n) is 5.52. The van der Waals surface area contributed by atoms with Crippen LogP contribution in [0.25, 0.3) is 0 Å². The molecule has 90 valence electrons. The van der Waals surface area contributed by atoms with Crippen LogP contribution in [0.15, 0.2) is 18.3 Å². The maximum absolute atomic E-state index is 9.43. The molecule has 1 atom stereocenters. The number of nitrogens with zero attached hydrogens (tertiary/aromatic N) is 2. The van der Waals surface area contributed by atoms with Gasteiger partial charge in [0.1, 0.15) is 5.15 Å². The number of halogens is 1. The molecule has 0 saturated carbocycles. The average Bonchev–Trinajstić information content (AvgIpc) is 2.19. The van der Waals surface area contributed by atoms with E-state index < -0.39 is 0 Å². The van der Waals surface area contributed by atoms with Crippen LogP contribution in [0, 0.1) is 0 Å². The molecule has 16 heavy (non-hydrogen) atoms. The molecule has 1 heterocycles. The van der Waals surface area contributed by atoms with Crippen LogP contribution in [0.1, 0.15) is 26.3 Å². The van der Waals surface area contributed by atoms with Crippen LogP contribution in [0.3, 0.4) is 0 Å². The second-order valence-electron chi connectivity index (χ2n) is 4.33. The van der Waals surface area contributed by atoms with Gasteiger partial charge < -0.3 is 5.11 Å². The van der Waals surface area contributed by atoms with Crippen LogP contribution >= 0.6 is 11.6 Å². The smallest absolute Gasteiger partial charge is 0.133 e. The number of aliphatic hydroxyl groups is 1. The molecule has 1 unspecified atom stereocenters. The Morgan fingerprint density at radius 3 is 2.62 bits per heavy atom. The molecule has 0 aromatic carbocycles. The maximum Gasteiger partial charge on any atom is 0.133 e. The molecule has 0 aliphatic rings. The summed E-state index contributed by atoms with van der Waals surface area (Å²) in [6, 6.07) is 4.21. The average molecular weight is 243 g/mol.